The average molecular weight is 236 g/mol. The molecule has 16 heavy (non-hydrogen) atoms. The van der Waals surface area contributed by atoms with Gasteiger partial charge < -0.3 is 8.85 Å². The Bertz CT molecular complexity index is 314. The van der Waals surface area contributed by atoms with E-state index >= 15 is 0 Å². The predicted molar refractivity (Wildman–Crippen MR) is 69.8 cm³/mol. The van der Waals surface area contributed by atoms with Gasteiger partial charge >= 0.3 is 8.56 Å². The lowest BCUT2D eigenvalue weighted by molar-refractivity contribution is 0.0589. The van der Waals surface area contributed by atoms with Gasteiger partial charge in [0.25, 0.3) is 0 Å². The van der Waals surface area contributed by atoms with Crippen LogP contribution in [0, 0.1) is 24.7 Å². The summed E-state index contributed by atoms with van der Waals surface area (Å²) in [5.74, 6) is 5.14. The molecule has 0 rings (SSSR count). The summed E-state index contributed by atoms with van der Waals surface area (Å²) in [6.07, 6.45) is 10.8. The Morgan fingerprint density at radius 3 is 1.56 bits per heavy atom. The highest BCUT2D eigenvalue weighted by Crippen LogP contribution is 2.23. The van der Waals surface area contributed by atoms with E-state index in [0.29, 0.717) is 0 Å². The molecule has 0 unspecified atom stereocenters. The van der Waals surface area contributed by atoms with Crippen LogP contribution in [0.1, 0.15) is 27.7 Å². The molecule has 0 aliphatic rings. The van der Waals surface area contributed by atoms with Crippen molar-refractivity contribution in [3.8, 4) is 24.7 Å². The molecule has 0 N–H and O–H groups in total. The highest BCUT2D eigenvalue weighted by molar-refractivity contribution is 6.71. The minimum atomic E-state index is -2.56. The second-order valence-electron chi connectivity index (χ2n) is 4.73. The maximum atomic E-state index is 5.83. The smallest absolute Gasteiger partial charge is 0.363 e. The van der Waals surface area contributed by atoms with Crippen molar-refractivity contribution in [1.29, 1.82) is 0 Å². The van der Waals surface area contributed by atoms with Crippen LogP contribution in [-0.2, 0) is 8.85 Å². The van der Waals surface area contributed by atoms with Gasteiger partial charge in [0.05, 0.1) is 0 Å². The van der Waals surface area contributed by atoms with E-state index in [1.807, 2.05) is 34.2 Å². The van der Waals surface area contributed by atoms with Crippen molar-refractivity contribution in [1.82, 2.24) is 0 Å². The first-order valence-electron chi connectivity index (χ1n) is 5.09. The molecule has 3 heteroatoms. The highest BCUT2D eigenvalue weighted by Gasteiger charge is 2.38. The van der Waals surface area contributed by atoms with Crippen molar-refractivity contribution >= 4 is 8.56 Å². The van der Waals surface area contributed by atoms with Gasteiger partial charge in [0, 0.05) is 0 Å². The summed E-state index contributed by atoms with van der Waals surface area (Å²) in [5.41, 5.74) is 0.324. The van der Waals surface area contributed by atoms with E-state index < -0.39 is 19.8 Å². The fraction of sp³-hybridized carbons (Fsp3) is 0.538. The second kappa shape index (κ2) is 4.89. The van der Waals surface area contributed by atoms with Crippen LogP contribution < -0.4 is 0 Å². The summed E-state index contributed by atoms with van der Waals surface area (Å²) < 4.78 is 11.7. The summed E-state index contributed by atoms with van der Waals surface area (Å²) in [6.45, 7) is 12.9. The zero-order valence-electron chi connectivity index (χ0n) is 10.8. The van der Waals surface area contributed by atoms with Gasteiger partial charge in [0.15, 0.2) is 0 Å². The number of rotatable bonds is 5. The molecule has 0 bridgehead atoms. The summed E-state index contributed by atoms with van der Waals surface area (Å²) in [7, 11) is -2.56. The minimum absolute atomic E-state index is 0.681. The van der Waals surface area contributed by atoms with Crippen molar-refractivity contribution < 1.29 is 8.85 Å². The first-order valence-corrected chi connectivity index (χ1v) is 7.48. The third-order valence-corrected chi connectivity index (χ3v) is 4.55. The van der Waals surface area contributed by atoms with Crippen LogP contribution >= 0.6 is 0 Å². The van der Waals surface area contributed by atoms with Crippen molar-refractivity contribution in [2.75, 3.05) is 0 Å². The zero-order chi connectivity index (χ0) is 13.0. The van der Waals surface area contributed by atoms with E-state index in [9.17, 15) is 0 Å². The molecule has 0 spiro atoms. The summed E-state index contributed by atoms with van der Waals surface area (Å²) in [6, 6.07) is 0. The van der Waals surface area contributed by atoms with Gasteiger partial charge in [-0.3, -0.25) is 0 Å². The number of hydrogen-bond donors (Lipinski definition) is 0. The largest absolute Gasteiger partial charge is 0.375 e. The Hall–Kier alpha value is -1.00. The molecule has 0 saturated carbocycles. The van der Waals surface area contributed by atoms with Crippen LogP contribution in [-0.4, -0.2) is 19.8 Å². The Balaban J connectivity index is 4.91. The van der Waals surface area contributed by atoms with Gasteiger partial charge in [0.1, 0.15) is 11.2 Å². The molecule has 0 heterocycles. The Morgan fingerprint density at radius 2 is 1.38 bits per heavy atom. The summed E-state index contributed by atoms with van der Waals surface area (Å²) in [5, 5.41) is 0. The van der Waals surface area contributed by atoms with Gasteiger partial charge in [-0.2, -0.15) is 0 Å². The monoisotopic (exact) mass is 236 g/mol. The fourth-order valence-corrected chi connectivity index (χ4v) is 3.53. The van der Waals surface area contributed by atoms with E-state index in [1.165, 1.54) is 0 Å². The average Bonchev–Trinajstić information content (AvgIpc) is 2.16. The molecule has 0 aromatic carbocycles. The zero-order valence-corrected chi connectivity index (χ0v) is 11.8. The number of hydrogen-bond acceptors (Lipinski definition) is 2. The van der Waals surface area contributed by atoms with Crippen LogP contribution in [0.3, 0.4) is 0 Å². The molecule has 0 amide bonds. The van der Waals surface area contributed by atoms with Gasteiger partial charge in [-0.25, -0.2) is 0 Å². The molecule has 0 aliphatic heterocycles. The highest BCUT2D eigenvalue weighted by atomic mass is 28.4. The van der Waals surface area contributed by atoms with Crippen molar-refractivity contribution in [3.63, 3.8) is 0 Å². The third-order valence-electron chi connectivity index (χ3n) is 1.98. The molecule has 0 aliphatic carbocycles. The van der Waals surface area contributed by atoms with Gasteiger partial charge in [-0.05, 0) is 39.9 Å². The van der Waals surface area contributed by atoms with Crippen molar-refractivity contribution in [2.45, 2.75) is 45.4 Å². The third kappa shape index (κ3) is 4.68. The normalized spacial score (nSPS) is 12.7. The van der Waals surface area contributed by atoms with E-state index in [1.54, 1.807) is 5.70 Å². The van der Waals surface area contributed by atoms with Crippen molar-refractivity contribution in [2.24, 2.45) is 0 Å². The Labute approximate surface area is 100 Å². The fourth-order valence-electron chi connectivity index (χ4n) is 1.18. The molecule has 88 valence electrons. The lowest BCUT2D eigenvalue weighted by Gasteiger charge is -2.35. The van der Waals surface area contributed by atoms with Crippen LogP contribution in [0.25, 0.3) is 0 Å². The molecule has 0 atom stereocenters. The molecular formula is C13H20O2Si. The maximum Gasteiger partial charge on any atom is 0.363 e. The number of terminal acetylenes is 2. The van der Waals surface area contributed by atoms with E-state index in [2.05, 4.69) is 18.4 Å². The first kappa shape index (κ1) is 15.0. The van der Waals surface area contributed by atoms with Gasteiger partial charge in [0.2, 0.25) is 0 Å². The van der Waals surface area contributed by atoms with E-state index in [-0.39, 0.29) is 0 Å². The molecular weight excluding hydrogens is 216 g/mol. The topological polar surface area (TPSA) is 18.5 Å². The van der Waals surface area contributed by atoms with Crippen molar-refractivity contribution in [3.05, 3.63) is 12.3 Å². The quantitative estimate of drug-likeness (QED) is 0.540. The molecule has 0 aromatic heterocycles. The standard InChI is InChI=1S/C13H20O2Si/c1-9-12(4,5)14-16(8,11-3)15-13(6,7)10-2/h1-2,11H,3H2,4-8H3. The Morgan fingerprint density at radius 1 is 1.06 bits per heavy atom. The lowest BCUT2D eigenvalue weighted by atomic mass is 10.2. The van der Waals surface area contributed by atoms with Crippen LogP contribution in [0.5, 0.6) is 0 Å². The summed E-state index contributed by atoms with van der Waals surface area (Å²) in [4.78, 5) is 0. The van der Waals surface area contributed by atoms with Gasteiger partial charge in [-0.15, -0.1) is 19.4 Å². The van der Waals surface area contributed by atoms with Gasteiger partial charge in [-0.1, -0.05) is 11.8 Å². The molecule has 2 nitrogen and oxygen atoms in total. The second-order valence-corrected chi connectivity index (χ2v) is 7.58. The SMILES string of the molecule is C#CC(C)(C)O[Si](C)(C=C)OC(C)(C)C#C. The van der Waals surface area contributed by atoms with Crippen LogP contribution in [0.15, 0.2) is 12.3 Å². The molecule has 0 fully saturated rings. The molecule has 0 radical (unpaired) electrons. The van der Waals surface area contributed by atoms with Crippen LogP contribution in [0.4, 0.5) is 0 Å². The van der Waals surface area contributed by atoms with Crippen LogP contribution in [0.2, 0.25) is 6.55 Å². The lowest BCUT2D eigenvalue weighted by Crippen LogP contribution is -2.48. The summed E-state index contributed by atoms with van der Waals surface area (Å²) >= 11 is 0. The van der Waals surface area contributed by atoms with E-state index in [4.69, 9.17) is 21.7 Å². The minimum Gasteiger partial charge on any atom is -0.375 e. The molecule has 0 aromatic rings. The van der Waals surface area contributed by atoms with E-state index in [0.717, 1.165) is 0 Å². The maximum absolute atomic E-state index is 5.83. The molecule has 0 saturated heterocycles. The Kier molecular flexibility index (Phi) is 4.58. The first-order chi connectivity index (χ1) is 7.10. The predicted octanol–water partition coefficient (Wildman–Crippen LogP) is 2.64.